The molecule has 0 bridgehead atoms. The van der Waals surface area contributed by atoms with Crippen molar-refractivity contribution in [3.05, 3.63) is 35.9 Å². The predicted octanol–water partition coefficient (Wildman–Crippen LogP) is 2.14. The van der Waals surface area contributed by atoms with E-state index < -0.39 is 0 Å². The topological polar surface area (TPSA) is 3.24 Å². The number of hydrogen-bond acceptors (Lipinski definition) is 1. The summed E-state index contributed by atoms with van der Waals surface area (Å²) in [6.07, 6.45) is 0. The zero-order chi connectivity index (χ0) is 8.81. The third-order valence-electron chi connectivity index (χ3n) is 1.68. The van der Waals surface area contributed by atoms with E-state index in [2.05, 4.69) is 17.0 Å². The first kappa shape index (κ1) is 6.86. The highest BCUT2D eigenvalue weighted by molar-refractivity contribution is 5.14. The molecular weight excluding hydrogens is 134 g/mol. The van der Waals surface area contributed by atoms with Gasteiger partial charge in [0.25, 0.3) is 0 Å². The summed E-state index contributed by atoms with van der Waals surface area (Å²) >= 11 is 0. The molecule has 0 saturated heterocycles. The summed E-state index contributed by atoms with van der Waals surface area (Å²) in [6.45, 7) is 2.26. The van der Waals surface area contributed by atoms with E-state index in [1.54, 1.807) is 0 Å². The largest absolute Gasteiger partial charge is 0.302 e. The third kappa shape index (κ3) is 2.72. The molecule has 1 heteroatoms. The molecule has 0 N–H and O–H groups in total. The van der Waals surface area contributed by atoms with Crippen molar-refractivity contribution in [2.45, 2.75) is 13.4 Å². The zero-order valence-electron chi connectivity index (χ0n) is 7.96. The van der Waals surface area contributed by atoms with E-state index in [0.29, 0.717) is 6.90 Å². The Morgan fingerprint density at radius 2 is 2.09 bits per heavy atom. The van der Waals surface area contributed by atoms with Crippen LogP contribution in [-0.4, -0.2) is 18.5 Å². The van der Waals surface area contributed by atoms with Gasteiger partial charge in [0.2, 0.25) is 0 Å². The van der Waals surface area contributed by atoms with Crippen LogP contribution in [0.25, 0.3) is 0 Å². The smallest absolute Gasteiger partial charge is 0.0243 e. The SMILES string of the molecule is [2H]CCN(C)Cc1ccccc1. The van der Waals surface area contributed by atoms with Crippen LogP contribution in [0.15, 0.2) is 30.3 Å². The van der Waals surface area contributed by atoms with Gasteiger partial charge in [-0.15, -0.1) is 0 Å². The molecule has 1 aromatic carbocycles. The molecular formula is C10H15N. The molecule has 1 aromatic rings. The summed E-state index contributed by atoms with van der Waals surface area (Å²) in [4.78, 5) is 2.16. The van der Waals surface area contributed by atoms with Crippen molar-refractivity contribution < 1.29 is 1.37 Å². The highest BCUT2D eigenvalue weighted by Crippen LogP contribution is 2.01. The average Bonchev–Trinajstić information content (AvgIpc) is 2.06. The van der Waals surface area contributed by atoms with Crippen LogP contribution in [0.1, 0.15) is 13.8 Å². The second kappa shape index (κ2) is 4.14. The van der Waals surface area contributed by atoms with Crippen LogP contribution >= 0.6 is 0 Å². The Morgan fingerprint density at radius 1 is 1.36 bits per heavy atom. The first-order valence-corrected chi connectivity index (χ1v) is 3.84. The lowest BCUT2D eigenvalue weighted by Crippen LogP contribution is -2.16. The quantitative estimate of drug-likeness (QED) is 0.638. The van der Waals surface area contributed by atoms with Crippen LogP contribution in [0.5, 0.6) is 0 Å². The summed E-state index contributed by atoms with van der Waals surface area (Å²) in [5.41, 5.74) is 1.31. The van der Waals surface area contributed by atoms with Gasteiger partial charge in [-0.1, -0.05) is 37.2 Å². The fourth-order valence-electron chi connectivity index (χ4n) is 0.974. The monoisotopic (exact) mass is 150 g/mol. The van der Waals surface area contributed by atoms with Crippen molar-refractivity contribution in [2.75, 3.05) is 13.6 Å². The lowest BCUT2D eigenvalue weighted by Gasteiger charge is -2.12. The van der Waals surface area contributed by atoms with Crippen molar-refractivity contribution in [1.29, 1.82) is 0 Å². The van der Waals surface area contributed by atoms with E-state index in [9.17, 15) is 0 Å². The van der Waals surface area contributed by atoms with Crippen LogP contribution in [0.3, 0.4) is 0 Å². The molecule has 0 amide bonds. The molecule has 0 aromatic heterocycles. The maximum absolute atomic E-state index is 7.06. The fourth-order valence-corrected chi connectivity index (χ4v) is 0.974. The second-order valence-corrected chi connectivity index (χ2v) is 2.72. The van der Waals surface area contributed by atoms with Gasteiger partial charge >= 0.3 is 0 Å². The number of hydrogen-bond donors (Lipinski definition) is 0. The highest BCUT2D eigenvalue weighted by Gasteiger charge is 1.94. The van der Waals surface area contributed by atoms with Gasteiger partial charge in [0, 0.05) is 7.92 Å². The maximum atomic E-state index is 7.06. The van der Waals surface area contributed by atoms with Gasteiger partial charge < -0.3 is 4.90 Å². The fraction of sp³-hybridized carbons (Fsp3) is 0.400. The van der Waals surface area contributed by atoms with Gasteiger partial charge in [-0.2, -0.15) is 0 Å². The number of nitrogens with zero attached hydrogens (tertiary/aromatic N) is 1. The van der Waals surface area contributed by atoms with Crippen LogP contribution in [0.2, 0.25) is 0 Å². The molecule has 0 radical (unpaired) electrons. The first-order chi connectivity index (χ1) is 5.83. The lowest BCUT2D eigenvalue weighted by molar-refractivity contribution is 0.346. The number of rotatable bonds is 3. The van der Waals surface area contributed by atoms with E-state index >= 15 is 0 Å². The Balaban J connectivity index is 2.41. The Morgan fingerprint density at radius 3 is 2.73 bits per heavy atom. The van der Waals surface area contributed by atoms with Gasteiger partial charge in [0.15, 0.2) is 0 Å². The number of benzene rings is 1. The Hall–Kier alpha value is -0.820. The molecule has 0 saturated carbocycles. The molecule has 0 spiro atoms. The molecule has 0 atom stereocenters. The zero-order valence-corrected chi connectivity index (χ0v) is 6.96. The van der Waals surface area contributed by atoms with Crippen molar-refractivity contribution >= 4 is 0 Å². The molecule has 0 aliphatic rings. The van der Waals surface area contributed by atoms with Gasteiger partial charge in [-0.3, -0.25) is 0 Å². The summed E-state index contributed by atoms with van der Waals surface area (Å²) < 4.78 is 7.06. The molecule has 0 heterocycles. The molecule has 0 aliphatic heterocycles. The van der Waals surface area contributed by atoms with Crippen molar-refractivity contribution in [1.82, 2.24) is 4.90 Å². The van der Waals surface area contributed by atoms with Gasteiger partial charge in [-0.05, 0) is 19.2 Å². The molecule has 11 heavy (non-hydrogen) atoms. The molecule has 1 rings (SSSR count). The van der Waals surface area contributed by atoms with Crippen LogP contribution in [0.4, 0.5) is 0 Å². The third-order valence-corrected chi connectivity index (χ3v) is 1.68. The molecule has 1 nitrogen and oxygen atoms in total. The Bertz CT molecular complexity index is 210. The van der Waals surface area contributed by atoms with Crippen LogP contribution in [0, 0.1) is 0 Å². The molecule has 0 aliphatic carbocycles. The van der Waals surface area contributed by atoms with Crippen molar-refractivity contribution in [3.8, 4) is 0 Å². The van der Waals surface area contributed by atoms with Crippen LogP contribution in [-0.2, 0) is 6.54 Å². The van der Waals surface area contributed by atoms with Gasteiger partial charge in [-0.25, -0.2) is 0 Å². The highest BCUT2D eigenvalue weighted by atomic mass is 15.1. The second-order valence-electron chi connectivity index (χ2n) is 2.72. The summed E-state index contributed by atoms with van der Waals surface area (Å²) in [6, 6.07) is 10.3. The van der Waals surface area contributed by atoms with Crippen molar-refractivity contribution in [3.63, 3.8) is 0 Å². The molecule has 0 unspecified atom stereocenters. The summed E-state index contributed by atoms with van der Waals surface area (Å²) in [5, 5.41) is 0. The van der Waals surface area contributed by atoms with E-state index in [4.69, 9.17) is 1.37 Å². The van der Waals surface area contributed by atoms with Crippen molar-refractivity contribution in [2.24, 2.45) is 0 Å². The average molecular weight is 150 g/mol. The molecule has 0 fully saturated rings. The standard InChI is InChI=1S/C10H15N/c1-3-11(2)9-10-7-5-4-6-8-10/h4-8H,3,9H2,1-2H3/i1D. The minimum Gasteiger partial charge on any atom is -0.302 e. The maximum Gasteiger partial charge on any atom is 0.0243 e. The minimum absolute atomic E-state index is 0.476. The summed E-state index contributed by atoms with van der Waals surface area (Å²) in [7, 11) is 2.04. The van der Waals surface area contributed by atoms with E-state index in [1.165, 1.54) is 5.56 Å². The van der Waals surface area contributed by atoms with E-state index in [1.807, 2.05) is 25.2 Å². The lowest BCUT2D eigenvalue weighted by atomic mass is 10.2. The normalized spacial score (nSPS) is 11.6. The minimum atomic E-state index is 0.476. The Kier molecular flexibility index (Phi) is 2.58. The van der Waals surface area contributed by atoms with Crippen LogP contribution < -0.4 is 0 Å². The summed E-state index contributed by atoms with van der Waals surface area (Å²) in [5.74, 6) is 0. The van der Waals surface area contributed by atoms with Gasteiger partial charge in [0.05, 0.1) is 0 Å². The van der Waals surface area contributed by atoms with Gasteiger partial charge in [0.1, 0.15) is 0 Å². The predicted molar refractivity (Wildman–Crippen MR) is 48.5 cm³/mol. The van der Waals surface area contributed by atoms with E-state index in [0.717, 1.165) is 13.1 Å². The Labute approximate surface area is 70.1 Å². The van der Waals surface area contributed by atoms with E-state index in [-0.39, 0.29) is 0 Å². The molecule has 60 valence electrons. The first-order valence-electron chi connectivity index (χ1n) is 4.55.